The van der Waals surface area contributed by atoms with Gasteiger partial charge in [-0.05, 0) is 52.1 Å². The average Bonchev–Trinajstić information content (AvgIpc) is 3.71. The Balaban J connectivity index is 1.34. The van der Waals surface area contributed by atoms with E-state index < -0.39 is 0 Å². The van der Waals surface area contributed by atoms with Crippen molar-refractivity contribution in [2.24, 2.45) is 0 Å². The summed E-state index contributed by atoms with van der Waals surface area (Å²) in [6, 6.07) is 64.9. The molecule has 10 rings (SSSR count). The Kier molecular flexibility index (Phi) is 6.56. The molecular weight excluding hydrogens is 607 g/mol. The molecule has 0 bridgehead atoms. The third-order valence-electron chi connectivity index (χ3n) is 10.1. The number of para-hydroxylation sites is 2. The molecule has 0 saturated heterocycles. The molecule has 0 aliphatic heterocycles. The first-order valence-electron chi connectivity index (χ1n) is 17.1. The van der Waals surface area contributed by atoms with Crippen LogP contribution in [-0.4, -0.2) is 14.5 Å². The number of hydrogen-bond donors (Lipinski definition) is 0. The number of benzene rings is 7. The Morgan fingerprint density at radius 3 is 1.42 bits per heavy atom. The first kappa shape index (κ1) is 28.4. The summed E-state index contributed by atoms with van der Waals surface area (Å²) in [4.78, 5) is 10.7. The van der Waals surface area contributed by atoms with Gasteiger partial charge in [0.05, 0.1) is 28.1 Å². The van der Waals surface area contributed by atoms with E-state index in [4.69, 9.17) is 9.97 Å². The van der Waals surface area contributed by atoms with Crippen LogP contribution < -0.4 is 0 Å². The maximum Gasteiger partial charge on any atom is 0.160 e. The normalized spacial score (nSPS) is 12.3. The van der Waals surface area contributed by atoms with Crippen LogP contribution in [0.4, 0.5) is 0 Å². The lowest BCUT2D eigenvalue weighted by atomic mass is 9.84. The minimum atomic E-state index is -0.0299. The number of fused-ring (bicyclic) bond motifs is 6. The molecule has 2 aromatic heterocycles. The van der Waals surface area contributed by atoms with E-state index in [1.807, 2.05) is 12.1 Å². The third-order valence-corrected chi connectivity index (χ3v) is 10.1. The van der Waals surface area contributed by atoms with E-state index in [0.29, 0.717) is 5.82 Å². The second kappa shape index (κ2) is 11.5. The summed E-state index contributed by atoms with van der Waals surface area (Å²) in [5, 5.41) is 2.47. The minimum Gasteiger partial charge on any atom is -0.309 e. The highest BCUT2D eigenvalue weighted by molar-refractivity contribution is 6.09. The summed E-state index contributed by atoms with van der Waals surface area (Å²) in [5.74, 6) is 0.683. The largest absolute Gasteiger partial charge is 0.309 e. The Morgan fingerprint density at radius 2 is 0.860 bits per heavy atom. The van der Waals surface area contributed by atoms with Crippen LogP contribution in [0.2, 0.25) is 0 Å². The smallest absolute Gasteiger partial charge is 0.160 e. The predicted molar refractivity (Wildman–Crippen MR) is 206 cm³/mol. The molecule has 0 spiro atoms. The van der Waals surface area contributed by atoms with Gasteiger partial charge in [0.2, 0.25) is 0 Å². The van der Waals surface area contributed by atoms with E-state index in [1.165, 1.54) is 49.6 Å². The molecule has 0 N–H and O–H groups in total. The maximum absolute atomic E-state index is 5.37. The summed E-state index contributed by atoms with van der Waals surface area (Å²) in [7, 11) is 0. The Bertz CT molecular complexity index is 2550. The summed E-state index contributed by atoms with van der Waals surface area (Å²) < 4.78 is 2.45. The van der Waals surface area contributed by atoms with E-state index in [2.05, 4.69) is 174 Å². The molecule has 2 heterocycles. The molecule has 0 atom stereocenters. The molecule has 1 aliphatic rings. The molecule has 0 fully saturated rings. The Hall–Kier alpha value is -6.58. The van der Waals surface area contributed by atoms with Crippen molar-refractivity contribution in [2.45, 2.75) is 5.92 Å². The van der Waals surface area contributed by atoms with Crippen LogP contribution in [-0.2, 0) is 0 Å². The fraction of sp³-hybridized carbons (Fsp3) is 0.0213. The van der Waals surface area contributed by atoms with Gasteiger partial charge in [0, 0.05) is 33.4 Å². The zero-order valence-electron chi connectivity index (χ0n) is 27.2. The van der Waals surface area contributed by atoms with Crippen LogP contribution in [0.3, 0.4) is 0 Å². The monoisotopic (exact) mass is 637 g/mol. The highest BCUT2D eigenvalue weighted by Crippen LogP contribution is 2.52. The van der Waals surface area contributed by atoms with Crippen molar-refractivity contribution in [1.82, 2.24) is 14.5 Å². The number of nitrogens with zero attached hydrogens (tertiary/aromatic N) is 3. The number of aromatic nitrogens is 3. The van der Waals surface area contributed by atoms with Crippen molar-refractivity contribution in [3.8, 4) is 50.7 Å². The molecule has 234 valence electrons. The van der Waals surface area contributed by atoms with Gasteiger partial charge in [-0.2, -0.15) is 0 Å². The van der Waals surface area contributed by atoms with Crippen LogP contribution in [0, 0.1) is 0 Å². The quantitative estimate of drug-likeness (QED) is 0.188. The topological polar surface area (TPSA) is 30.7 Å². The lowest BCUT2D eigenvalue weighted by Crippen LogP contribution is -2.10. The predicted octanol–water partition coefficient (Wildman–Crippen LogP) is 11.7. The van der Waals surface area contributed by atoms with E-state index in [-0.39, 0.29) is 5.92 Å². The average molecular weight is 638 g/mol. The van der Waals surface area contributed by atoms with Crippen LogP contribution in [0.1, 0.15) is 22.6 Å². The lowest BCUT2D eigenvalue weighted by molar-refractivity contribution is 0.978. The fourth-order valence-electron chi connectivity index (χ4n) is 7.98. The van der Waals surface area contributed by atoms with Gasteiger partial charge in [0.1, 0.15) is 0 Å². The van der Waals surface area contributed by atoms with Crippen molar-refractivity contribution in [1.29, 1.82) is 0 Å². The molecule has 3 nitrogen and oxygen atoms in total. The molecule has 50 heavy (non-hydrogen) atoms. The van der Waals surface area contributed by atoms with Crippen LogP contribution in [0.5, 0.6) is 0 Å². The minimum absolute atomic E-state index is 0.0299. The van der Waals surface area contributed by atoms with Gasteiger partial charge < -0.3 is 4.57 Å². The fourth-order valence-corrected chi connectivity index (χ4v) is 7.98. The standard InChI is InChI=1S/C47H31N3/c1-3-16-31(17-4-1)40-30-41(32-18-5-2-6-19-32)49-47(48-40)39-26-15-29-44(50-42-27-13-11-22-35(42)36-23-12-14-28-43(36)50)46(39)45-37-24-9-7-20-33(37)34-21-8-10-25-38(34)45/h1-30,45H. The summed E-state index contributed by atoms with van der Waals surface area (Å²) in [5.41, 5.74) is 14.8. The summed E-state index contributed by atoms with van der Waals surface area (Å²) >= 11 is 0. The Morgan fingerprint density at radius 1 is 0.400 bits per heavy atom. The number of hydrogen-bond acceptors (Lipinski definition) is 2. The van der Waals surface area contributed by atoms with E-state index in [1.54, 1.807) is 0 Å². The molecule has 1 aliphatic carbocycles. The van der Waals surface area contributed by atoms with E-state index >= 15 is 0 Å². The van der Waals surface area contributed by atoms with Crippen LogP contribution in [0.15, 0.2) is 182 Å². The molecule has 0 saturated carbocycles. The van der Waals surface area contributed by atoms with Gasteiger partial charge in [-0.1, -0.05) is 158 Å². The molecule has 0 radical (unpaired) electrons. The van der Waals surface area contributed by atoms with Crippen molar-refractivity contribution < 1.29 is 0 Å². The van der Waals surface area contributed by atoms with Gasteiger partial charge in [-0.3, -0.25) is 0 Å². The van der Waals surface area contributed by atoms with Gasteiger partial charge in [0.25, 0.3) is 0 Å². The zero-order valence-corrected chi connectivity index (χ0v) is 27.2. The van der Waals surface area contributed by atoms with Crippen molar-refractivity contribution >= 4 is 21.8 Å². The summed E-state index contributed by atoms with van der Waals surface area (Å²) in [6.07, 6.45) is 0. The van der Waals surface area contributed by atoms with E-state index in [0.717, 1.165) is 33.8 Å². The second-order valence-corrected chi connectivity index (χ2v) is 12.9. The van der Waals surface area contributed by atoms with E-state index in [9.17, 15) is 0 Å². The first-order chi connectivity index (χ1) is 24.8. The Labute approximate surface area is 290 Å². The van der Waals surface area contributed by atoms with Gasteiger partial charge in [-0.25, -0.2) is 9.97 Å². The molecular formula is C47H31N3. The van der Waals surface area contributed by atoms with Crippen LogP contribution >= 0.6 is 0 Å². The van der Waals surface area contributed by atoms with Gasteiger partial charge in [-0.15, -0.1) is 0 Å². The molecule has 3 heteroatoms. The van der Waals surface area contributed by atoms with Crippen molar-refractivity contribution in [2.75, 3.05) is 0 Å². The van der Waals surface area contributed by atoms with Crippen molar-refractivity contribution in [3.05, 3.63) is 199 Å². The number of rotatable bonds is 5. The highest BCUT2D eigenvalue weighted by atomic mass is 15.0. The second-order valence-electron chi connectivity index (χ2n) is 12.9. The molecule has 0 unspecified atom stereocenters. The summed E-state index contributed by atoms with van der Waals surface area (Å²) in [6.45, 7) is 0. The van der Waals surface area contributed by atoms with Crippen LogP contribution in [0.25, 0.3) is 72.5 Å². The zero-order chi connectivity index (χ0) is 33.0. The maximum atomic E-state index is 5.37. The third kappa shape index (κ3) is 4.44. The first-order valence-corrected chi connectivity index (χ1v) is 17.1. The van der Waals surface area contributed by atoms with Gasteiger partial charge in [0.15, 0.2) is 5.82 Å². The molecule has 7 aromatic carbocycles. The van der Waals surface area contributed by atoms with Gasteiger partial charge >= 0.3 is 0 Å². The lowest BCUT2D eigenvalue weighted by Gasteiger charge is -2.24. The molecule has 0 amide bonds. The molecule has 9 aromatic rings. The SMILES string of the molecule is c1ccc(-c2cc(-c3ccccc3)nc(-c3cccc(-n4c5ccccc5c5ccccc54)c3C3c4ccccc4-c4ccccc43)n2)cc1. The highest BCUT2D eigenvalue weighted by Gasteiger charge is 2.34. The van der Waals surface area contributed by atoms with Crippen molar-refractivity contribution in [3.63, 3.8) is 0 Å².